The highest BCUT2D eigenvalue weighted by Crippen LogP contribution is 2.32. The molecule has 0 radical (unpaired) electrons. The van der Waals surface area contributed by atoms with E-state index in [-0.39, 0.29) is 0 Å². The van der Waals surface area contributed by atoms with Gasteiger partial charge in [-0.25, -0.2) is 8.42 Å². The van der Waals surface area contributed by atoms with E-state index in [1.165, 1.54) is 11.3 Å². The number of carbonyl (C=O) groups excluding carboxylic acids is 1. The van der Waals surface area contributed by atoms with Crippen LogP contribution in [0.25, 0.3) is 11.1 Å². The zero-order valence-electron chi connectivity index (χ0n) is 9.04. The lowest BCUT2D eigenvalue weighted by Crippen LogP contribution is -1.83. The van der Waals surface area contributed by atoms with Crippen LogP contribution in [0.15, 0.2) is 34.5 Å². The summed E-state index contributed by atoms with van der Waals surface area (Å²) < 4.78 is 22.6. The van der Waals surface area contributed by atoms with Crippen LogP contribution >= 0.6 is 11.3 Å². The fraction of sp³-hybridized carbons (Fsp3) is 0.0833. The predicted octanol–water partition coefficient (Wildman–Crippen LogP) is 2.51. The molecule has 0 saturated carbocycles. The Morgan fingerprint density at radius 3 is 2.35 bits per heavy atom. The summed E-state index contributed by atoms with van der Waals surface area (Å²) >= 11 is 1.26. The number of hydrogen-bond donors (Lipinski definition) is 1. The Kier molecular flexibility index (Phi) is 3.40. The molecule has 0 unspecified atom stereocenters. The molecule has 0 amide bonds. The van der Waals surface area contributed by atoms with Crippen LogP contribution in [0, 0.1) is 6.92 Å². The van der Waals surface area contributed by atoms with Crippen LogP contribution in [-0.4, -0.2) is 14.7 Å². The van der Waals surface area contributed by atoms with Gasteiger partial charge in [-0.1, -0.05) is 24.3 Å². The van der Waals surface area contributed by atoms with Crippen molar-refractivity contribution in [3.8, 4) is 11.1 Å². The van der Waals surface area contributed by atoms with Crippen LogP contribution in [0.3, 0.4) is 0 Å². The molecule has 2 aromatic rings. The lowest BCUT2D eigenvalue weighted by molar-refractivity contribution is 0.112. The molecule has 0 fully saturated rings. The van der Waals surface area contributed by atoms with Crippen molar-refractivity contribution in [2.24, 2.45) is 0 Å². The molecule has 88 valence electrons. The van der Waals surface area contributed by atoms with Crippen molar-refractivity contribution >= 4 is 28.3 Å². The molecule has 3 nitrogen and oxygen atoms in total. The number of aldehydes is 1. The number of benzene rings is 1. The third-order valence-corrected chi connectivity index (χ3v) is 4.51. The summed E-state index contributed by atoms with van der Waals surface area (Å²) in [5.41, 5.74) is 2.10. The van der Waals surface area contributed by atoms with Gasteiger partial charge in [-0.15, -0.1) is 11.3 Å². The van der Waals surface area contributed by atoms with Crippen molar-refractivity contribution in [1.29, 1.82) is 0 Å². The highest BCUT2D eigenvalue weighted by molar-refractivity contribution is 7.75. The van der Waals surface area contributed by atoms with Crippen LogP contribution in [0.1, 0.15) is 15.2 Å². The second kappa shape index (κ2) is 4.81. The van der Waals surface area contributed by atoms with Crippen molar-refractivity contribution in [2.45, 2.75) is 11.1 Å². The average Bonchev–Trinajstić information content (AvgIpc) is 2.72. The van der Waals surface area contributed by atoms with Gasteiger partial charge in [0, 0.05) is 16.0 Å². The quantitative estimate of drug-likeness (QED) is 0.686. The van der Waals surface area contributed by atoms with Crippen LogP contribution in [0.4, 0.5) is 0 Å². The molecule has 0 spiro atoms. The highest BCUT2D eigenvalue weighted by atomic mass is 32.2. The number of rotatable bonds is 3. The molecule has 1 aromatic heterocycles. The van der Waals surface area contributed by atoms with E-state index in [1.54, 1.807) is 24.3 Å². The van der Waals surface area contributed by atoms with Gasteiger partial charge in [0.05, 0.1) is 0 Å². The number of thiol groups is 1. The van der Waals surface area contributed by atoms with E-state index in [4.69, 9.17) is 0 Å². The minimum Gasteiger partial charge on any atom is -0.298 e. The van der Waals surface area contributed by atoms with Gasteiger partial charge in [0.25, 0.3) is 0 Å². The first-order valence-corrected chi connectivity index (χ1v) is 6.91. The topological polar surface area (TPSA) is 51.2 Å². The Balaban J connectivity index is 2.55. The van der Waals surface area contributed by atoms with Crippen LogP contribution in [0.2, 0.25) is 0 Å². The maximum absolute atomic E-state index is 11.1. The Bertz CT molecular complexity index is 614. The zero-order valence-corrected chi connectivity index (χ0v) is 10.8. The molecule has 0 aliphatic rings. The fourth-order valence-corrected chi connectivity index (χ4v) is 3.47. The van der Waals surface area contributed by atoms with Crippen LogP contribution in [-0.2, 0) is 10.7 Å². The van der Waals surface area contributed by atoms with Crippen LogP contribution in [0.5, 0.6) is 0 Å². The van der Waals surface area contributed by atoms with Crippen molar-refractivity contribution in [3.63, 3.8) is 0 Å². The molecular weight excluding hydrogens is 256 g/mol. The average molecular weight is 266 g/mol. The van der Waals surface area contributed by atoms with E-state index in [0.29, 0.717) is 15.3 Å². The molecule has 0 saturated heterocycles. The molecule has 5 heteroatoms. The molecule has 0 N–H and O–H groups in total. The van der Waals surface area contributed by atoms with Gasteiger partial charge >= 0.3 is 0 Å². The Morgan fingerprint density at radius 2 is 1.82 bits per heavy atom. The van der Waals surface area contributed by atoms with Gasteiger partial charge in [-0.2, -0.15) is 0 Å². The summed E-state index contributed by atoms with van der Waals surface area (Å²) in [4.78, 5) is 11.5. The van der Waals surface area contributed by atoms with Gasteiger partial charge in [0.1, 0.15) is 10.5 Å². The summed E-state index contributed by atoms with van der Waals surface area (Å²) in [5.74, 6) is 0. The normalized spacial score (nSPS) is 10.7. The van der Waals surface area contributed by atoms with E-state index < -0.39 is 10.7 Å². The van der Waals surface area contributed by atoms with Crippen molar-refractivity contribution in [3.05, 3.63) is 40.8 Å². The fourth-order valence-electron chi connectivity index (χ4n) is 1.59. The molecule has 17 heavy (non-hydrogen) atoms. The van der Waals surface area contributed by atoms with E-state index in [0.717, 1.165) is 16.7 Å². The lowest BCUT2D eigenvalue weighted by atomic mass is 10.1. The molecule has 0 atom stereocenters. The third-order valence-electron chi connectivity index (χ3n) is 2.36. The Morgan fingerprint density at radius 1 is 1.18 bits per heavy atom. The number of aryl methyl sites for hydroxylation is 1. The minimum absolute atomic E-state index is 0.372. The number of hydrogen-bond acceptors (Lipinski definition) is 4. The van der Waals surface area contributed by atoms with E-state index >= 15 is 0 Å². The van der Waals surface area contributed by atoms with E-state index in [1.807, 2.05) is 13.0 Å². The second-order valence-corrected chi connectivity index (χ2v) is 6.09. The molecule has 1 heterocycles. The molecule has 2 rings (SSSR count). The SMILES string of the molecule is Cc1cc(-c2ccc(C=O)cc2)c([SH](=O)=O)s1. The van der Waals surface area contributed by atoms with Crippen molar-refractivity contribution in [2.75, 3.05) is 0 Å². The van der Waals surface area contributed by atoms with Gasteiger partial charge in [0.15, 0.2) is 10.7 Å². The lowest BCUT2D eigenvalue weighted by Gasteiger charge is -1.99. The largest absolute Gasteiger partial charge is 0.298 e. The zero-order chi connectivity index (χ0) is 12.4. The van der Waals surface area contributed by atoms with Gasteiger partial charge in [-0.3, -0.25) is 4.79 Å². The van der Waals surface area contributed by atoms with Gasteiger partial charge < -0.3 is 0 Å². The standard InChI is InChI=1S/C12H10O3S2/c1-8-6-11(12(16-8)17(14)15)10-4-2-9(7-13)3-5-10/h2-7,17H,1H3. The highest BCUT2D eigenvalue weighted by Gasteiger charge is 2.11. The summed E-state index contributed by atoms with van der Waals surface area (Å²) in [5, 5.41) is 0. The monoisotopic (exact) mass is 266 g/mol. The molecule has 0 bridgehead atoms. The Hall–Kier alpha value is -1.46. The van der Waals surface area contributed by atoms with Crippen LogP contribution < -0.4 is 0 Å². The van der Waals surface area contributed by atoms with E-state index in [2.05, 4.69) is 0 Å². The second-order valence-electron chi connectivity index (χ2n) is 3.57. The number of thiophene rings is 1. The molecule has 0 aliphatic heterocycles. The maximum atomic E-state index is 11.1. The predicted molar refractivity (Wildman–Crippen MR) is 68.5 cm³/mol. The summed E-state index contributed by atoms with van der Waals surface area (Å²) in [6, 6.07) is 8.72. The van der Waals surface area contributed by atoms with Crippen molar-refractivity contribution in [1.82, 2.24) is 0 Å². The molecule has 0 aliphatic carbocycles. The first kappa shape index (κ1) is 12.0. The summed E-state index contributed by atoms with van der Waals surface area (Å²) in [6.45, 7) is 1.87. The van der Waals surface area contributed by atoms with Gasteiger partial charge in [0.2, 0.25) is 0 Å². The molecule has 1 aromatic carbocycles. The van der Waals surface area contributed by atoms with Gasteiger partial charge in [-0.05, 0) is 18.6 Å². The third kappa shape index (κ3) is 2.45. The smallest absolute Gasteiger partial charge is 0.178 e. The maximum Gasteiger partial charge on any atom is 0.178 e. The first-order chi connectivity index (χ1) is 8.11. The Labute approximate surface area is 105 Å². The minimum atomic E-state index is -2.58. The number of carbonyl (C=O) groups is 1. The van der Waals surface area contributed by atoms with E-state index in [9.17, 15) is 13.2 Å². The summed E-state index contributed by atoms with van der Waals surface area (Å²) in [7, 11) is -2.58. The van der Waals surface area contributed by atoms with Crippen molar-refractivity contribution < 1.29 is 13.2 Å². The molecular formula is C12H10O3S2. The first-order valence-electron chi connectivity index (χ1n) is 4.92. The summed E-state index contributed by atoms with van der Waals surface area (Å²) in [6.07, 6.45) is 0.762.